The highest BCUT2D eigenvalue weighted by atomic mass is 32.1. The second kappa shape index (κ2) is 5.75. The van der Waals surface area contributed by atoms with Crippen LogP contribution in [0, 0.1) is 0 Å². The summed E-state index contributed by atoms with van der Waals surface area (Å²) < 4.78 is 0. The zero-order chi connectivity index (χ0) is 11.3. The first-order chi connectivity index (χ1) is 7.19. The number of carbonyl (C=O) groups excluding carboxylic acids is 1. The van der Waals surface area contributed by atoms with E-state index in [2.05, 4.69) is 12.2 Å². The fourth-order valence-electron chi connectivity index (χ4n) is 1.26. The van der Waals surface area contributed by atoms with Gasteiger partial charge in [0.2, 0.25) is 0 Å². The summed E-state index contributed by atoms with van der Waals surface area (Å²) in [6.45, 7) is 4.94. The number of ketones is 1. The molecule has 0 aliphatic carbocycles. The van der Waals surface area contributed by atoms with E-state index in [9.17, 15) is 4.79 Å². The number of hydrogen-bond donors (Lipinski definition) is 2. The van der Waals surface area contributed by atoms with E-state index in [1.54, 1.807) is 0 Å². The molecule has 1 heterocycles. The number of anilines is 2. The molecule has 0 radical (unpaired) electrons. The van der Waals surface area contributed by atoms with Crippen LogP contribution in [0.2, 0.25) is 0 Å². The van der Waals surface area contributed by atoms with E-state index in [1.165, 1.54) is 11.3 Å². The minimum atomic E-state index is 0.126. The van der Waals surface area contributed by atoms with Crippen LogP contribution in [0.5, 0.6) is 0 Å². The van der Waals surface area contributed by atoms with Crippen LogP contribution in [0.1, 0.15) is 42.8 Å². The lowest BCUT2D eigenvalue weighted by Crippen LogP contribution is -1.98. The first-order valence-corrected chi connectivity index (χ1v) is 6.17. The summed E-state index contributed by atoms with van der Waals surface area (Å²) in [6, 6.07) is 1.85. The fourth-order valence-corrected chi connectivity index (χ4v) is 2.27. The van der Waals surface area contributed by atoms with Gasteiger partial charge in [-0.2, -0.15) is 0 Å². The van der Waals surface area contributed by atoms with Crippen LogP contribution in [0.4, 0.5) is 10.7 Å². The SMILES string of the molecule is CCCCNc1cc(N)c(C(=O)CC)s1. The van der Waals surface area contributed by atoms with E-state index < -0.39 is 0 Å². The van der Waals surface area contributed by atoms with Crippen molar-refractivity contribution >= 4 is 27.8 Å². The molecule has 0 amide bonds. The van der Waals surface area contributed by atoms with Crippen LogP contribution < -0.4 is 11.1 Å². The maximum Gasteiger partial charge on any atom is 0.174 e. The highest BCUT2D eigenvalue weighted by Gasteiger charge is 2.12. The fraction of sp³-hybridized carbons (Fsp3) is 0.545. The number of nitrogens with two attached hydrogens (primary N) is 1. The molecule has 0 aliphatic heterocycles. The van der Waals surface area contributed by atoms with Crippen molar-refractivity contribution in [3.8, 4) is 0 Å². The van der Waals surface area contributed by atoms with E-state index in [0.29, 0.717) is 17.0 Å². The second-order valence-corrected chi connectivity index (χ2v) is 4.50. The summed E-state index contributed by atoms with van der Waals surface area (Å²) in [4.78, 5) is 12.2. The molecule has 1 aromatic rings. The molecule has 0 saturated carbocycles. The number of Topliss-reactive ketones (excluding diaryl/α,β-unsaturated/α-hetero) is 1. The van der Waals surface area contributed by atoms with Crippen molar-refractivity contribution in [1.82, 2.24) is 0 Å². The van der Waals surface area contributed by atoms with Gasteiger partial charge in [0.05, 0.1) is 15.6 Å². The first kappa shape index (κ1) is 12.0. The van der Waals surface area contributed by atoms with Crippen LogP contribution in [0.15, 0.2) is 6.07 Å². The molecule has 0 aromatic carbocycles. The highest BCUT2D eigenvalue weighted by molar-refractivity contribution is 7.18. The Morgan fingerprint density at radius 3 is 2.87 bits per heavy atom. The van der Waals surface area contributed by atoms with Crippen LogP contribution in [-0.2, 0) is 0 Å². The molecule has 1 rings (SSSR count). The molecule has 0 bridgehead atoms. The molecule has 4 heteroatoms. The molecule has 3 nitrogen and oxygen atoms in total. The number of nitrogen functional groups attached to an aromatic ring is 1. The van der Waals surface area contributed by atoms with E-state index in [1.807, 2.05) is 13.0 Å². The van der Waals surface area contributed by atoms with Crippen molar-refractivity contribution in [3.63, 3.8) is 0 Å². The van der Waals surface area contributed by atoms with E-state index in [-0.39, 0.29) is 5.78 Å². The maximum atomic E-state index is 11.5. The lowest BCUT2D eigenvalue weighted by Gasteiger charge is -1.99. The van der Waals surface area contributed by atoms with Gasteiger partial charge in [0.25, 0.3) is 0 Å². The van der Waals surface area contributed by atoms with Crippen molar-refractivity contribution < 1.29 is 4.79 Å². The molecule has 1 aromatic heterocycles. The molecule has 3 N–H and O–H groups in total. The zero-order valence-electron chi connectivity index (χ0n) is 9.30. The van der Waals surface area contributed by atoms with Gasteiger partial charge in [0, 0.05) is 13.0 Å². The van der Waals surface area contributed by atoms with Gasteiger partial charge in [-0.1, -0.05) is 20.3 Å². The summed E-state index contributed by atoms with van der Waals surface area (Å²) in [5.41, 5.74) is 6.37. The Bertz CT molecular complexity index is 333. The lowest BCUT2D eigenvalue weighted by atomic mass is 10.2. The Kier molecular flexibility index (Phi) is 4.62. The van der Waals surface area contributed by atoms with Gasteiger partial charge in [-0.05, 0) is 12.5 Å². The maximum absolute atomic E-state index is 11.5. The Labute approximate surface area is 94.7 Å². The Balaban J connectivity index is 2.64. The van der Waals surface area contributed by atoms with Crippen LogP contribution in [0.25, 0.3) is 0 Å². The summed E-state index contributed by atoms with van der Waals surface area (Å²) >= 11 is 1.46. The molecule has 0 atom stereocenters. The number of rotatable bonds is 6. The van der Waals surface area contributed by atoms with Crippen molar-refractivity contribution in [3.05, 3.63) is 10.9 Å². The third-order valence-corrected chi connectivity index (χ3v) is 3.31. The summed E-state index contributed by atoms with van der Waals surface area (Å²) in [5, 5.41) is 4.27. The zero-order valence-corrected chi connectivity index (χ0v) is 10.1. The summed E-state index contributed by atoms with van der Waals surface area (Å²) in [5.74, 6) is 0.126. The normalized spacial score (nSPS) is 10.3. The molecule has 0 spiro atoms. The van der Waals surface area contributed by atoms with E-state index in [4.69, 9.17) is 5.73 Å². The Hall–Kier alpha value is -1.03. The van der Waals surface area contributed by atoms with E-state index in [0.717, 1.165) is 24.4 Å². The Morgan fingerprint density at radius 2 is 2.27 bits per heavy atom. The minimum Gasteiger partial charge on any atom is -0.397 e. The quantitative estimate of drug-likeness (QED) is 0.579. The molecule has 84 valence electrons. The van der Waals surface area contributed by atoms with Gasteiger partial charge in [0.15, 0.2) is 5.78 Å². The number of unbranched alkanes of at least 4 members (excludes halogenated alkanes) is 1. The molecule has 0 saturated heterocycles. The van der Waals surface area contributed by atoms with Crippen molar-refractivity contribution in [2.45, 2.75) is 33.1 Å². The molecular weight excluding hydrogens is 208 g/mol. The highest BCUT2D eigenvalue weighted by Crippen LogP contribution is 2.30. The lowest BCUT2D eigenvalue weighted by molar-refractivity contribution is 0.0993. The molecular formula is C11H18N2OS. The molecule has 0 fully saturated rings. The van der Waals surface area contributed by atoms with Gasteiger partial charge in [-0.3, -0.25) is 4.79 Å². The minimum absolute atomic E-state index is 0.126. The van der Waals surface area contributed by atoms with Gasteiger partial charge in [-0.25, -0.2) is 0 Å². The average Bonchev–Trinajstić information content (AvgIpc) is 2.59. The number of thiophene rings is 1. The number of carbonyl (C=O) groups is 1. The van der Waals surface area contributed by atoms with E-state index >= 15 is 0 Å². The van der Waals surface area contributed by atoms with Crippen molar-refractivity contribution in [1.29, 1.82) is 0 Å². The summed E-state index contributed by atoms with van der Waals surface area (Å²) in [7, 11) is 0. The van der Waals surface area contributed by atoms with Crippen LogP contribution in [0.3, 0.4) is 0 Å². The van der Waals surface area contributed by atoms with Gasteiger partial charge in [0.1, 0.15) is 0 Å². The third-order valence-electron chi connectivity index (χ3n) is 2.16. The first-order valence-electron chi connectivity index (χ1n) is 5.35. The number of hydrogen-bond acceptors (Lipinski definition) is 4. The topological polar surface area (TPSA) is 55.1 Å². The standard InChI is InChI=1S/C11H18N2OS/c1-3-5-6-13-10-7-8(12)11(15-10)9(14)4-2/h7,13H,3-6,12H2,1-2H3. The van der Waals surface area contributed by atoms with Crippen LogP contribution >= 0.6 is 11.3 Å². The molecule has 0 unspecified atom stereocenters. The number of nitrogens with one attached hydrogen (secondary N) is 1. The predicted molar refractivity (Wildman–Crippen MR) is 66.8 cm³/mol. The van der Waals surface area contributed by atoms with Crippen molar-refractivity contribution in [2.24, 2.45) is 0 Å². The molecule has 15 heavy (non-hydrogen) atoms. The third kappa shape index (κ3) is 3.23. The Morgan fingerprint density at radius 1 is 1.53 bits per heavy atom. The average molecular weight is 226 g/mol. The largest absolute Gasteiger partial charge is 0.397 e. The van der Waals surface area contributed by atoms with Gasteiger partial charge in [-0.15, -0.1) is 11.3 Å². The smallest absolute Gasteiger partial charge is 0.174 e. The van der Waals surface area contributed by atoms with Crippen molar-refractivity contribution in [2.75, 3.05) is 17.6 Å². The van der Waals surface area contributed by atoms with Crippen LogP contribution in [-0.4, -0.2) is 12.3 Å². The van der Waals surface area contributed by atoms with Gasteiger partial charge >= 0.3 is 0 Å². The second-order valence-electron chi connectivity index (χ2n) is 3.45. The van der Waals surface area contributed by atoms with Gasteiger partial charge < -0.3 is 11.1 Å². The molecule has 0 aliphatic rings. The predicted octanol–water partition coefficient (Wildman–Crippen LogP) is 3.14. The summed E-state index contributed by atoms with van der Waals surface area (Å²) in [6.07, 6.45) is 2.81. The monoisotopic (exact) mass is 226 g/mol.